The first-order chi connectivity index (χ1) is 5.02. The molecular weight excluding hydrogens is 136 g/mol. The van der Waals surface area contributed by atoms with Gasteiger partial charge in [-0.2, -0.15) is 0 Å². The highest BCUT2D eigenvalue weighted by Gasteiger charge is 2.16. The molecule has 0 radical (unpaired) electrons. The Hall–Kier alpha value is -0.590. The molecule has 0 aromatic heterocycles. The van der Waals surface area contributed by atoms with Crippen LogP contribution in [0.15, 0.2) is 12.7 Å². The summed E-state index contributed by atoms with van der Waals surface area (Å²) < 4.78 is 0. The summed E-state index contributed by atoms with van der Waals surface area (Å²) in [4.78, 5) is 10.5. The zero-order chi connectivity index (χ0) is 8.91. The van der Waals surface area contributed by atoms with Gasteiger partial charge < -0.3 is 4.79 Å². The fourth-order valence-corrected chi connectivity index (χ4v) is 0.776. The average Bonchev–Trinajstić information content (AvgIpc) is 2.00. The van der Waals surface area contributed by atoms with Crippen LogP contribution in [0.25, 0.3) is 0 Å². The van der Waals surface area contributed by atoms with Gasteiger partial charge in [0.1, 0.15) is 6.29 Å². The first-order valence-electron chi connectivity index (χ1n) is 4.11. The van der Waals surface area contributed by atoms with Crippen LogP contribution in [0.2, 0.25) is 0 Å². The standard InChI is InChI=1S/C10H18O/c1-5-9(2)6-7-10(3,4)8-11/h5,8-9H,1,6-7H2,2-4H3/t9-/m0/s1. The van der Waals surface area contributed by atoms with Crippen LogP contribution in [-0.2, 0) is 4.79 Å². The second kappa shape index (κ2) is 4.32. The zero-order valence-electron chi connectivity index (χ0n) is 7.76. The molecule has 1 heteroatoms. The molecule has 0 unspecified atom stereocenters. The Morgan fingerprint density at radius 2 is 2.09 bits per heavy atom. The van der Waals surface area contributed by atoms with E-state index in [0.29, 0.717) is 5.92 Å². The largest absolute Gasteiger partial charge is 0.303 e. The Morgan fingerprint density at radius 1 is 1.55 bits per heavy atom. The molecule has 11 heavy (non-hydrogen) atoms. The van der Waals surface area contributed by atoms with Crippen LogP contribution >= 0.6 is 0 Å². The number of hydrogen-bond acceptors (Lipinski definition) is 1. The summed E-state index contributed by atoms with van der Waals surface area (Å²) >= 11 is 0. The lowest BCUT2D eigenvalue weighted by Gasteiger charge is -2.17. The van der Waals surface area contributed by atoms with E-state index in [9.17, 15) is 4.79 Å². The molecule has 1 atom stereocenters. The predicted octanol–water partition coefficient (Wildman–Crippen LogP) is 2.81. The van der Waals surface area contributed by atoms with Crippen molar-refractivity contribution < 1.29 is 4.79 Å². The maximum Gasteiger partial charge on any atom is 0.125 e. The van der Waals surface area contributed by atoms with Crippen molar-refractivity contribution in [1.29, 1.82) is 0 Å². The monoisotopic (exact) mass is 154 g/mol. The lowest BCUT2D eigenvalue weighted by Crippen LogP contribution is -2.13. The molecule has 0 heterocycles. The molecule has 0 aliphatic heterocycles. The van der Waals surface area contributed by atoms with E-state index in [1.54, 1.807) is 0 Å². The summed E-state index contributed by atoms with van der Waals surface area (Å²) in [5, 5.41) is 0. The number of aldehydes is 1. The van der Waals surface area contributed by atoms with Gasteiger partial charge in [-0.25, -0.2) is 0 Å². The molecule has 0 amide bonds. The SMILES string of the molecule is C=C[C@H](C)CCC(C)(C)C=O. The summed E-state index contributed by atoms with van der Waals surface area (Å²) in [5.41, 5.74) is -0.155. The van der Waals surface area contributed by atoms with Crippen LogP contribution in [0, 0.1) is 11.3 Å². The summed E-state index contributed by atoms with van der Waals surface area (Å²) in [6.07, 6.45) is 4.96. The van der Waals surface area contributed by atoms with Gasteiger partial charge in [0.15, 0.2) is 0 Å². The normalized spacial score (nSPS) is 14.1. The molecular formula is C10H18O. The van der Waals surface area contributed by atoms with E-state index in [0.717, 1.165) is 19.1 Å². The third-order valence-electron chi connectivity index (χ3n) is 1.97. The number of carbonyl (C=O) groups excluding carboxylic acids is 1. The molecule has 1 nitrogen and oxygen atoms in total. The summed E-state index contributed by atoms with van der Waals surface area (Å²) in [6, 6.07) is 0. The summed E-state index contributed by atoms with van der Waals surface area (Å²) in [6.45, 7) is 9.75. The second-order valence-corrected chi connectivity index (χ2v) is 3.86. The van der Waals surface area contributed by atoms with Crippen LogP contribution in [0.4, 0.5) is 0 Å². The van der Waals surface area contributed by atoms with E-state index in [2.05, 4.69) is 13.5 Å². The summed E-state index contributed by atoms with van der Waals surface area (Å²) in [7, 11) is 0. The first-order valence-corrected chi connectivity index (χ1v) is 4.11. The maximum atomic E-state index is 10.5. The highest BCUT2D eigenvalue weighted by atomic mass is 16.1. The average molecular weight is 154 g/mol. The molecule has 0 saturated heterocycles. The van der Waals surface area contributed by atoms with Crippen LogP contribution in [0.5, 0.6) is 0 Å². The molecule has 0 aromatic carbocycles. The van der Waals surface area contributed by atoms with Crippen molar-refractivity contribution in [2.45, 2.75) is 33.6 Å². The molecule has 0 spiro atoms. The van der Waals surface area contributed by atoms with Crippen molar-refractivity contribution in [2.24, 2.45) is 11.3 Å². The van der Waals surface area contributed by atoms with E-state index >= 15 is 0 Å². The van der Waals surface area contributed by atoms with E-state index < -0.39 is 0 Å². The molecule has 0 aliphatic carbocycles. The van der Waals surface area contributed by atoms with Crippen LogP contribution < -0.4 is 0 Å². The fourth-order valence-electron chi connectivity index (χ4n) is 0.776. The molecule has 0 N–H and O–H groups in total. The summed E-state index contributed by atoms with van der Waals surface area (Å²) in [5.74, 6) is 0.522. The highest BCUT2D eigenvalue weighted by Crippen LogP contribution is 2.22. The smallest absolute Gasteiger partial charge is 0.125 e. The lowest BCUT2D eigenvalue weighted by molar-refractivity contribution is -0.115. The Labute approximate surface area is 69.5 Å². The van der Waals surface area contributed by atoms with Gasteiger partial charge >= 0.3 is 0 Å². The van der Waals surface area contributed by atoms with Crippen molar-refractivity contribution in [1.82, 2.24) is 0 Å². The van der Waals surface area contributed by atoms with E-state index in [4.69, 9.17) is 0 Å². The lowest BCUT2D eigenvalue weighted by atomic mass is 9.87. The highest BCUT2D eigenvalue weighted by molar-refractivity contribution is 5.57. The molecule has 0 fully saturated rings. The topological polar surface area (TPSA) is 17.1 Å². The number of allylic oxidation sites excluding steroid dienone is 1. The number of hydrogen-bond donors (Lipinski definition) is 0. The third kappa shape index (κ3) is 4.77. The maximum absolute atomic E-state index is 10.5. The molecule has 0 bridgehead atoms. The minimum atomic E-state index is -0.155. The second-order valence-electron chi connectivity index (χ2n) is 3.86. The van der Waals surface area contributed by atoms with Gasteiger partial charge in [0.2, 0.25) is 0 Å². The van der Waals surface area contributed by atoms with Crippen molar-refractivity contribution >= 4 is 6.29 Å². The Bertz CT molecular complexity index is 136. The van der Waals surface area contributed by atoms with Gasteiger partial charge in [0, 0.05) is 5.41 Å². The quantitative estimate of drug-likeness (QED) is 0.439. The van der Waals surface area contributed by atoms with Gasteiger partial charge in [0.25, 0.3) is 0 Å². The van der Waals surface area contributed by atoms with Crippen molar-refractivity contribution in [3.63, 3.8) is 0 Å². The fraction of sp³-hybridized carbons (Fsp3) is 0.700. The van der Waals surface area contributed by atoms with Gasteiger partial charge in [0.05, 0.1) is 0 Å². The van der Waals surface area contributed by atoms with Crippen molar-refractivity contribution in [2.75, 3.05) is 0 Å². The van der Waals surface area contributed by atoms with Crippen LogP contribution in [0.1, 0.15) is 33.6 Å². The zero-order valence-corrected chi connectivity index (χ0v) is 7.76. The van der Waals surface area contributed by atoms with Crippen molar-refractivity contribution in [3.8, 4) is 0 Å². The van der Waals surface area contributed by atoms with Gasteiger partial charge in [-0.3, -0.25) is 0 Å². The Balaban J connectivity index is 3.68. The van der Waals surface area contributed by atoms with Gasteiger partial charge in [-0.15, -0.1) is 6.58 Å². The van der Waals surface area contributed by atoms with Crippen molar-refractivity contribution in [3.05, 3.63) is 12.7 Å². The Morgan fingerprint density at radius 3 is 2.45 bits per heavy atom. The third-order valence-corrected chi connectivity index (χ3v) is 1.97. The van der Waals surface area contributed by atoms with Gasteiger partial charge in [-0.05, 0) is 18.8 Å². The molecule has 0 aromatic rings. The first kappa shape index (κ1) is 10.4. The van der Waals surface area contributed by atoms with Crippen LogP contribution in [-0.4, -0.2) is 6.29 Å². The van der Waals surface area contributed by atoms with Gasteiger partial charge in [-0.1, -0.05) is 26.8 Å². The molecule has 0 aliphatic rings. The Kier molecular flexibility index (Phi) is 4.09. The minimum absolute atomic E-state index is 0.155. The predicted molar refractivity (Wildman–Crippen MR) is 48.4 cm³/mol. The van der Waals surface area contributed by atoms with Crippen LogP contribution in [0.3, 0.4) is 0 Å². The number of carbonyl (C=O) groups is 1. The van der Waals surface area contributed by atoms with E-state index in [-0.39, 0.29) is 5.41 Å². The minimum Gasteiger partial charge on any atom is -0.303 e. The molecule has 0 rings (SSSR count). The van der Waals surface area contributed by atoms with E-state index in [1.165, 1.54) is 0 Å². The molecule has 0 saturated carbocycles. The number of rotatable bonds is 5. The van der Waals surface area contributed by atoms with E-state index in [1.807, 2.05) is 19.9 Å². The molecule has 64 valence electrons.